The Bertz CT molecular complexity index is 592. The highest BCUT2D eigenvalue weighted by Crippen LogP contribution is 2.24. The largest absolute Gasteiger partial charge is 0.385 e. The zero-order valence-electron chi connectivity index (χ0n) is 12.8. The predicted molar refractivity (Wildman–Crippen MR) is 89.0 cm³/mol. The number of rotatable bonds is 6. The van der Waals surface area contributed by atoms with E-state index in [2.05, 4.69) is 73.8 Å². The van der Waals surface area contributed by atoms with E-state index in [1.807, 2.05) is 6.07 Å². The molecule has 0 bridgehead atoms. The molecule has 2 aromatic carbocycles. The van der Waals surface area contributed by atoms with Gasteiger partial charge in [0.05, 0.1) is 6.07 Å². The fourth-order valence-corrected chi connectivity index (χ4v) is 2.24. The number of anilines is 1. The summed E-state index contributed by atoms with van der Waals surface area (Å²) in [6, 6.07) is 21.1. The molecule has 0 spiro atoms. The molecule has 0 aromatic heterocycles. The molecular formula is C19H22N2. The molecule has 0 radical (unpaired) electrons. The van der Waals surface area contributed by atoms with Crippen LogP contribution in [0.3, 0.4) is 0 Å². The van der Waals surface area contributed by atoms with Gasteiger partial charge in [0.1, 0.15) is 0 Å². The first-order chi connectivity index (χ1) is 10.1. The van der Waals surface area contributed by atoms with Gasteiger partial charge in [-0.3, -0.25) is 0 Å². The Morgan fingerprint density at radius 1 is 0.952 bits per heavy atom. The lowest BCUT2D eigenvalue weighted by Crippen LogP contribution is -2.22. The normalized spacial score (nSPS) is 10.9. The lowest BCUT2D eigenvalue weighted by molar-refractivity contribution is 0.364. The summed E-state index contributed by atoms with van der Waals surface area (Å²) < 4.78 is 0. The minimum atomic E-state index is 0.133. The first kappa shape index (κ1) is 15.1. The molecule has 2 aromatic rings. The summed E-state index contributed by atoms with van der Waals surface area (Å²) in [5.74, 6) is 0. The Kier molecular flexibility index (Phi) is 5.00. The van der Waals surface area contributed by atoms with Crippen LogP contribution in [0.4, 0.5) is 5.69 Å². The number of nitrogens with one attached hydrogen (secondary N) is 1. The molecule has 0 unspecified atom stereocenters. The van der Waals surface area contributed by atoms with E-state index < -0.39 is 0 Å². The van der Waals surface area contributed by atoms with Crippen LogP contribution in [0.1, 0.15) is 26.7 Å². The van der Waals surface area contributed by atoms with E-state index in [1.54, 1.807) is 0 Å². The maximum absolute atomic E-state index is 8.68. The van der Waals surface area contributed by atoms with E-state index in [9.17, 15) is 0 Å². The van der Waals surface area contributed by atoms with Gasteiger partial charge in [0.25, 0.3) is 0 Å². The molecule has 2 heteroatoms. The minimum Gasteiger partial charge on any atom is -0.385 e. The third-order valence-corrected chi connectivity index (χ3v) is 3.68. The van der Waals surface area contributed by atoms with Crippen LogP contribution in [-0.2, 0) is 0 Å². The zero-order chi connectivity index (χ0) is 15.1. The summed E-state index contributed by atoms with van der Waals surface area (Å²) in [4.78, 5) is 0. The summed E-state index contributed by atoms with van der Waals surface area (Å²) in [7, 11) is 0. The van der Waals surface area contributed by atoms with Crippen LogP contribution < -0.4 is 5.32 Å². The van der Waals surface area contributed by atoms with Gasteiger partial charge >= 0.3 is 0 Å². The van der Waals surface area contributed by atoms with Crippen molar-refractivity contribution < 1.29 is 0 Å². The number of nitriles is 1. The van der Waals surface area contributed by atoms with Crippen LogP contribution in [0.15, 0.2) is 54.6 Å². The fraction of sp³-hybridized carbons (Fsp3) is 0.316. The van der Waals surface area contributed by atoms with Gasteiger partial charge < -0.3 is 5.32 Å². The maximum Gasteiger partial charge on any atom is 0.0621 e. The highest BCUT2D eigenvalue weighted by atomic mass is 14.9. The van der Waals surface area contributed by atoms with Crippen LogP contribution in [0.5, 0.6) is 0 Å². The molecule has 2 rings (SSSR count). The smallest absolute Gasteiger partial charge is 0.0621 e. The highest BCUT2D eigenvalue weighted by molar-refractivity contribution is 5.65. The summed E-state index contributed by atoms with van der Waals surface area (Å²) in [5.41, 5.74) is 3.72. The van der Waals surface area contributed by atoms with Crippen LogP contribution in [0.2, 0.25) is 0 Å². The lowest BCUT2D eigenvalue weighted by atomic mass is 9.88. The second kappa shape index (κ2) is 6.95. The van der Waals surface area contributed by atoms with E-state index >= 15 is 0 Å². The molecule has 0 heterocycles. The maximum atomic E-state index is 8.68. The predicted octanol–water partition coefficient (Wildman–Crippen LogP) is 5.10. The average Bonchev–Trinajstić information content (AvgIpc) is 2.53. The van der Waals surface area contributed by atoms with Crippen molar-refractivity contribution in [3.05, 3.63) is 54.6 Å². The second-order valence-corrected chi connectivity index (χ2v) is 6.12. The summed E-state index contributed by atoms with van der Waals surface area (Å²) in [5, 5.41) is 12.1. The molecule has 0 aliphatic heterocycles. The van der Waals surface area contributed by atoms with Crippen LogP contribution >= 0.6 is 0 Å². The molecule has 0 amide bonds. The lowest BCUT2D eigenvalue weighted by Gasteiger charge is -2.24. The summed E-state index contributed by atoms with van der Waals surface area (Å²) in [6.45, 7) is 5.25. The van der Waals surface area contributed by atoms with Crippen LogP contribution in [0, 0.1) is 16.7 Å². The standard InChI is InChI=1S/C19H22N2/c1-19(2,13-6-14-20)15-21-18-11-9-17(10-12-18)16-7-4-3-5-8-16/h3-5,7-12,21H,6,13,15H2,1-2H3. The van der Waals surface area contributed by atoms with Crippen molar-refractivity contribution in [1.82, 2.24) is 0 Å². The van der Waals surface area contributed by atoms with Crippen LogP contribution in [0.25, 0.3) is 11.1 Å². The molecular weight excluding hydrogens is 256 g/mol. The van der Waals surface area contributed by atoms with Crippen LogP contribution in [-0.4, -0.2) is 6.54 Å². The summed E-state index contributed by atoms with van der Waals surface area (Å²) >= 11 is 0. The van der Waals surface area contributed by atoms with Crippen molar-refractivity contribution in [2.24, 2.45) is 5.41 Å². The Morgan fingerprint density at radius 2 is 1.57 bits per heavy atom. The quantitative estimate of drug-likeness (QED) is 0.798. The number of hydrogen-bond donors (Lipinski definition) is 1. The molecule has 0 atom stereocenters. The third-order valence-electron chi connectivity index (χ3n) is 3.68. The van der Waals surface area contributed by atoms with Gasteiger partial charge in [-0.1, -0.05) is 56.3 Å². The highest BCUT2D eigenvalue weighted by Gasteiger charge is 2.16. The van der Waals surface area contributed by atoms with Crippen molar-refractivity contribution in [2.75, 3.05) is 11.9 Å². The van der Waals surface area contributed by atoms with Gasteiger partial charge in [0.15, 0.2) is 0 Å². The first-order valence-electron chi connectivity index (χ1n) is 7.37. The van der Waals surface area contributed by atoms with E-state index in [4.69, 9.17) is 5.26 Å². The molecule has 0 saturated heterocycles. The van der Waals surface area contributed by atoms with Crippen molar-refractivity contribution in [1.29, 1.82) is 5.26 Å². The van der Waals surface area contributed by atoms with Gasteiger partial charge in [0, 0.05) is 18.7 Å². The molecule has 108 valence electrons. The molecule has 1 N–H and O–H groups in total. The summed E-state index contributed by atoms with van der Waals surface area (Å²) in [6.07, 6.45) is 1.53. The second-order valence-electron chi connectivity index (χ2n) is 6.12. The fourth-order valence-electron chi connectivity index (χ4n) is 2.24. The van der Waals surface area contributed by atoms with E-state index in [1.165, 1.54) is 11.1 Å². The minimum absolute atomic E-state index is 0.133. The SMILES string of the molecule is CC(C)(CCC#N)CNc1ccc(-c2ccccc2)cc1. The van der Waals surface area contributed by atoms with Crippen molar-refractivity contribution in [3.63, 3.8) is 0 Å². The third kappa shape index (κ3) is 4.65. The molecule has 0 saturated carbocycles. The number of benzene rings is 2. The van der Waals surface area contributed by atoms with Gasteiger partial charge in [-0.2, -0.15) is 5.26 Å². The number of hydrogen-bond acceptors (Lipinski definition) is 2. The van der Waals surface area contributed by atoms with Crippen molar-refractivity contribution >= 4 is 5.69 Å². The van der Waals surface area contributed by atoms with Gasteiger partial charge in [-0.05, 0) is 35.1 Å². The number of nitrogens with zero attached hydrogens (tertiary/aromatic N) is 1. The Balaban J connectivity index is 1.96. The molecule has 0 aliphatic rings. The van der Waals surface area contributed by atoms with Crippen molar-refractivity contribution in [2.45, 2.75) is 26.7 Å². The molecule has 0 aliphatic carbocycles. The Hall–Kier alpha value is -2.27. The zero-order valence-corrected chi connectivity index (χ0v) is 12.8. The molecule has 2 nitrogen and oxygen atoms in total. The first-order valence-corrected chi connectivity index (χ1v) is 7.37. The van der Waals surface area contributed by atoms with Crippen molar-refractivity contribution in [3.8, 4) is 17.2 Å². The van der Waals surface area contributed by atoms with E-state index in [0.717, 1.165) is 18.7 Å². The monoisotopic (exact) mass is 278 g/mol. The molecule has 0 fully saturated rings. The topological polar surface area (TPSA) is 35.8 Å². The average molecular weight is 278 g/mol. The molecule has 21 heavy (non-hydrogen) atoms. The van der Waals surface area contributed by atoms with E-state index in [0.29, 0.717) is 6.42 Å². The van der Waals surface area contributed by atoms with E-state index in [-0.39, 0.29) is 5.41 Å². The van der Waals surface area contributed by atoms with Gasteiger partial charge in [0.2, 0.25) is 0 Å². The van der Waals surface area contributed by atoms with Gasteiger partial charge in [-0.15, -0.1) is 0 Å². The van der Waals surface area contributed by atoms with Gasteiger partial charge in [-0.25, -0.2) is 0 Å². The Morgan fingerprint density at radius 3 is 2.19 bits per heavy atom. The Labute approximate surface area is 127 Å².